The standard InChI is InChI=1S/C14H18N2O3/c1-8(2)12(14(17)18-4)13-15-7-10(16-13)11-6-5-9(3)19-11/h5-8,12H,1-4H3,(H,15,16). The number of rotatable bonds is 4. The SMILES string of the molecule is COC(=O)C(c1ncc(-c2ccc(C)o2)[nH]1)C(C)C. The number of hydrogen-bond acceptors (Lipinski definition) is 4. The molecule has 2 heterocycles. The van der Waals surface area contributed by atoms with E-state index in [0.29, 0.717) is 11.6 Å². The summed E-state index contributed by atoms with van der Waals surface area (Å²) in [4.78, 5) is 19.2. The van der Waals surface area contributed by atoms with Crippen LogP contribution in [0.15, 0.2) is 22.7 Å². The van der Waals surface area contributed by atoms with Crippen LogP contribution in [0.5, 0.6) is 0 Å². The molecule has 19 heavy (non-hydrogen) atoms. The molecular formula is C14H18N2O3. The number of carbonyl (C=O) groups excluding carboxylic acids is 1. The Bertz CT molecular complexity index is 569. The van der Waals surface area contributed by atoms with Gasteiger partial charge in [0.2, 0.25) is 0 Å². The quantitative estimate of drug-likeness (QED) is 0.860. The lowest BCUT2D eigenvalue weighted by Crippen LogP contribution is -2.20. The van der Waals surface area contributed by atoms with Crippen LogP contribution in [0.3, 0.4) is 0 Å². The van der Waals surface area contributed by atoms with Crippen LogP contribution >= 0.6 is 0 Å². The Balaban J connectivity index is 2.31. The van der Waals surface area contributed by atoms with E-state index in [9.17, 15) is 4.79 Å². The van der Waals surface area contributed by atoms with Crippen LogP contribution < -0.4 is 0 Å². The number of furan rings is 1. The highest BCUT2D eigenvalue weighted by molar-refractivity contribution is 5.77. The lowest BCUT2D eigenvalue weighted by atomic mass is 9.95. The van der Waals surface area contributed by atoms with Gasteiger partial charge in [-0.05, 0) is 25.0 Å². The van der Waals surface area contributed by atoms with Gasteiger partial charge in [-0.2, -0.15) is 0 Å². The van der Waals surface area contributed by atoms with Gasteiger partial charge in [0, 0.05) is 0 Å². The van der Waals surface area contributed by atoms with Crippen molar-refractivity contribution >= 4 is 5.97 Å². The van der Waals surface area contributed by atoms with E-state index in [-0.39, 0.29) is 11.9 Å². The predicted molar refractivity (Wildman–Crippen MR) is 70.6 cm³/mol. The molecule has 5 heteroatoms. The Morgan fingerprint density at radius 1 is 1.42 bits per heavy atom. The summed E-state index contributed by atoms with van der Waals surface area (Å²) >= 11 is 0. The molecule has 2 aromatic rings. The Labute approximate surface area is 112 Å². The molecule has 0 radical (unpaired) electrons. The summed E-state index contributed by atoms with van der Waals surface area (Å²) in [5.41, 5.74) is 0.762. The van der Waals surface area contributed by atoms with Crippen molar-refractivity contribution in [2.75, 3.05) is 7.11 Å². The number of aromatic amines is 1. The van der Waals surface area contributed by atoms with Gasteiger partial charge in [-0.3, -0.25) is 4.79 Å². The molecule has 2 aromatic heterocycles. The molecule has 0 aliphatic heterocycles. The highest BCUT2D eigenvalue weighted by atomic mass is 16.5. The number of ether oxygens (including phenoxy) is 1. The lowest BCUT2D eigenvalue weighted by molar-refractivity contribution is -0.143. The molecule has 0 aromatic carbocycles. The Morgan fingerprint density at radius 3 is 2.68 bits per heavy atom. The van der Waals surface area contributed by atoms with E-state index in [0.717, 1.165) is 11.5 Å². The molecule has 0 saturated carbocycles. The molecule has 0 bridgehead atoms. The minimum Gasteiger partial charge on any atom is -0.468 e. The largest absolute Gasteiger partial charge is 0.468 e. The van der Waals surface area contributed by atoms with Crippen LogP contribution in [0, 0.1) is 12.8 Å². The van der Waals surface area contributed by atoms with Gasteiger partial charge in [0.1, 0.15) is 23.2 Å². The molecule has 0 aliphatic rings. The van der Waals surface area contributed by atoms with Crippen LogP contribution in [-0.4, -0.2) is 23.0 Å². The first-order valence-electron chi connectivity index (χ1n) is 6.22. The Morgan fingerprint density at radius 2 is 2.16 bits per heavy atom. The fourth-order valence-corrected chi connectivity index (χ4v) is 2.03. The molecule has 2 rings (SSSR count). The normalized spacial score (nSPS) is 12.7. The monoisotopic (exact) mass is 262 g/mol. The first kappa shape index (κ1) is 13.4. The van der Waals surface area contributed by atoms with E-state index < -0.39 is 5.92 Å². The first-order valence-corrected chi connectivity index (χ1v) is 6.22. The number of carbonyl (C=O) groups is 1. The van der Waals surface area contributed by atoms with Crippen LogP contribution in [0.2, 0.25) is 0 Å². The number of nitrogens with zero attached hydrogens (tertiary/aromatic N) is 1. The number of H-pyrrole nitrogens is 1. The molecule has 0 aliphatic carbocycles. The summed E-state index contributed by atoms with van der Waals surface area (Å²) in [6, 6.07) is 3.76. The average Bonchev–Trinajstić information content (AvgIpc) is 2.97. The molecule has 0 fully saturated rings. The van der Waals surface area contributed by atoms with Gasteiger partial charge >= 0.3 is 5.97 Å². The third-order valence-electron chi connectivity index (χ3n) is 3.02. The zero-order valence-corrected chi connectivity index (χ0v) is 11.6. The highest BCUT2D eigenvalue weighted by Crippen LogP contribution is 2.26. The van der Waals surface area contributed by atoms with Crippen molar-refractivity contribution in [3.8, 4) is 11.5 Å². The van der Waals surface area contributed by atoms with Gasteiger partial charge < -0.3 is 14.1 Å². The Kier molecular flexibility index (Phi) is 3.74. The molecule has 0 saturated heterocycles. The zero-order chi connectivity index (χ0) is 14.0. The topological polar surface area (TPSA) is 68.1 Å². The van der Waals surface area contributed by atoms with Gasteiger partial charge in [-0.25, -0.2) is 4.98 Å². The fourth-order valence-electron chi connectivity index (χ4n) is 2.03. The van der Waals surface area contributed by atoms with Crippen molar-refractivity contribution in [3.05, 3.63) is 29.9 Å². The second-order valence-corrected chi connectivity index (χ2v) is 4.84. The maximum Gasteiger partial charge on any atom is 0.316 e. The first-order chi connectivity index (χ1) is 9.02. The van der Waals surface area contributed by atoms with E-state index in [1.165, 1.54) is 7.11 Å². The summed E-state index contributed by atoms with van der Waals surface area (Å²) in [5.74, 6) is 1.57. The summed E-state index contributed by atoms with van der Waals surface area (Å²) in [7, 11) is 1.39. The molecule has 1 N–H and O–H groups in total. The van der Waals surface area contributed by atoms with Crippen LogP contribution in [-0.2, 0) is 9.53 Å². The highest BCUT2D eigenvalue weighted by Gasteiger charge is 2.28. The maximum absolute atomic E-state index is 11.8. The molecular weight excluding hydrogens is 244 g/mol. The third-order valence-corrected chi connectivity index (χ3v) is 3.02. The Hall–Kier alpha value is -2.04. The van der Waals surface area contributed by atoms with Gasteiger partial charge in [0.05, 0.1) is 13.3 Å². The van der Waals surface area contributed by atoms with Crippen molar-refractivity contribution in [2.24, 2.45) is 5.92 Å². The average molecular weight is 262 g/mol. The van der Waals surface area contributed by atoms with E-state index in [2.05, 4.69) is 9.97 Å². The van der Waals surface area contributed by atoms with E-state index in [1.807, 2.05) is 32.9 Å². The van der Waals surface area contributed by atoms with Gasteiger partial charge in [-0.1, -0.05) is 13.8 Å². The minimum atomic E-state index is -0.394. The van der Waals surface area contributed by atoms with Crippen LogP contribution in [0.4, 0.5) is 0 Å². The number of nitrogens with one attached hydrogen (secondary N) is 1. The van der Waals surface area contributed by atoms with Crippen molar-refractivity contribution < 1.29 is 13.9 Å². The third kappa shape index (κ3) is 2.70. The fraction of sp³-hybridized carbons (Fsp3) is 0.429. The summed E-state index contributed by atoms with van der Waals surface area (Å²) < 4.78 is 10.3. The van der Waals surface area contributed by atoms with Crippen molar-refractivity contribution in [1.29, 1.82) is 0 Å². The number of hydrogen-bond donors (Lipinski definition) is 1. The van der Waals surface area contributed by atoms with Crippen LogP contribution in [0.1, 0.15) is 31.4 Å². The number of aromatic nitrogens is 2. The van der Waals surface area contributed by atoms with E-state index in [4.69, 9.17) is 9.15 Å². The van der Waals surface area contributed by atoms with E-state index >= 15 is 0 Å². The summed E-state index contributed by atoms with van der Waals surface area (Å²) in [5, 5.41) is 0. The molecule has 5 nitrogen and oxygen atoms in total. The molecule has 1 unspecified atom stereocenters. The summed E-state index contributed by atoms with van der Waals surface area (Å²) in [6.07, 6.45) is 1.67. The molecule has 102 valence electrons. The summed E-state index contributed by atoms with van der Waals surface area (Å²) in [6.45, 7) is 5.80. The van der Waals surface area contributed by atoms with Crippen molar-refractivity contribution in [2.45, 2.75) is 26.7 Å². The number of methoxy groups -OCH3 is 1. The van der Waals surface area contributed by atoms with Crippen LogP contribution in [0.25, 0.3) is 11.5 Å². The number of aryl methyl sites for hydroxylation is 1. The van der Waals surface area contributed by atoms with E-state index in [1.54, 1.807) is 6.20 Å². The predicted octanol–water partition coefficient (Wildman–Crippen LogP) is 2.89. The van der Waals surface area contributed by atoms with Gasteiger partial charge in [-0.15, -0.1) is 0 Å². The second-order valence-electron chi connectivity index (χ2n) is 4.84. The molecule has 1 atom stereocenters. The van der Waals surface area contributed by atoms with Crippen molar-refractivity contribution in [1.82, 2.24) is 9.97 Å². The van der Waals surface area contributed by atoms with Gasteiger partial charge in [0.15, 0.2) is 5.76 Å². The number of esters is 1. The van der Waals surface area contributed by atoms with Crippen molar-refractivity contribution in [3.63, 3.8) is 0 Å². The van der Waals surface area contributed by atoms with Gasteiger partial charge in [0.25, 0.3) is 0 Å². The molecule has 0 amide bonds. The zero-order valence-electron chi connectivity index (χ0n) is 11.6. The smallest absolute Gasteiger partial charge is 0.316 e. The number of imidazole rings is 1. The second kappa shape index (κ2) is 5.30. The lowest BCUT2D eigenvalue weighted by Gasteiger charge is -2.15. The maximum atomic E-state index is 11.8. The molecule has 0 spiro atoms. The minimum absolute atomic E-state index is 0.102.